The van der Waals surface area contributed by atoms with Crippen molar-refractivity contribution in [3.8, 4) is 5.75 Å². The largest absolute Gasteiger partial charge is 0.491 e. The van der Waals surface area contributed by atoms with Crippen molar-refractivity contribution in [1.29, 1.82) is 0 Å². The summed E-state index contributed by atoms with van der Waals surface area (Å²) in [5.41, 5.74) is 3.87. The van der Waals surface area contributed by atoms with Gasteiger partial charge in [-0.1, -0.05) is 30.0 Å². The second kappa shape index (κ2) is 9.27. The Bertz CT molecular complexity index is 1110. The van der Waals surface area contributed by atoms with Gasteiger partial charge in [0.25, 0.3) is 0 Å². The molecule has 1 heterocycles. The number of nitrogens with zero attached hydrogens (tertiary/aromatic N) is 1. The van der Waals surface area contributed by atoms with Crippen LogP contribution in [-0.4, -0.2) is 25.0 Å². The van der Waals surface area contributed by atoms with Gasteiger partial charge in [0.05, 0.1) is 18.7 Å². The lowest BCUT2D eigenvalue weighted by atomic mass is 10.1. The fraction of sp³-hybridized carbons (Fsp3) is 0.200. The summed E-state index contributed by atoms with van der Waals surface area (Å²) in [7, 11) is 0. The van der Waals surface area contributed by atoms with E-state index < -0.39 is 0 Å². The average molecular weight is 433 g/mol. The zero-order valence-corrected chi connectivity index (χ0v) is 18.4. The molecule has 0 aromatic heterocycles. The maximum Gasteiger partial charge on any atom is 0.244 e. The van der Waals surface area contributed by atoms with Crippen molar-refractivity contribution in [2.24, 2.45) is 0 Å². The van der Waals surface area contributed by atoms with Crippen LogP contribution in [0.2, 0.25) is 0 Å². The lowest BCUT2D eigenvalue weighted by molar-refractivity contribution is -0.121. The van der Waals surface area contributed by atoms with E-state index in [-0.39, 0.29) is 24.8 Å². The molecule has 0 radical (unpaired) electrons. The number of aryl methyl sites for hydroxylation is 2. The number of benzene rings is 3. The fourth-order valence-electron chi connectivity index (χ4n) is 3.36. The number of hydrogen-bond acceptors (Lipinski definition) is 4. The Labute approximate surface area is 186 Å². The van der Waals surface area contributed by atoms with E-state index in [0.29, 0.717) is 23.7 Å². The van der Waals surface area contributed by atoms with Crippen LogP contribution in [0.25, 0.3) is 0 Å². The minimum Gasteiger partial charge on any atom is -0.491 e. The molecule has 0 atom stereocenters. The number of rotatable bonds is 5. The first-order valence-corrected chi connectivity index (χ1v) is 11.0. The molecule has 0 fully saturated rings. The van der Waals surface area contributed by atoms with E-state index in [0.717, 1.165) is 4.90 Å². The Morgan fingerprint density at radius 1 is 1.00 bits per heavy atom. The molecule has 2 amide bonds. The number of fused-ring (bicyclic) bond motifs is 1. The van der Waals surface area contributed by atoms with Crippen molar-refractivity contribution in [3.05, 3.63) is 77.9 Å². The third kappa shape index (κ3) is 5.09. The molecule has 158 valence electrons. The predicted molar refractivity (Wildman–Crippen MR) is 124 cm³/mol. The molecule has 0 saturated heterocycles. The summed E-state index contributed by atoms with van der Waals surface area (Å²) in [6.45, 7) is 4.47. The molecule has 5 nitrogen and oxygen atoms in total. The molecule has 4 rings (SSSR count). The van der Waals surface area contributed by atoms with Gasteiger partial charge >= 0.3 is 0 Å². The number of para-hydroxylation sites is 2. The Kier molecular flexibility index (Phi) is 6.28. The van der Waals surface area contributed by atoms with Gasteiger partial charge in [0.1, 0.15) is 12.3 Å². The summed E-state index contributed by atoms with van der Waals surface area (Å²) in [4.78, 5) is 28.9. The zero-order valence-electron chi connectivity index (χ0n) is 17.6. The zero-order chi connectivity index (χ0) is 21.8. The quantitative estimate of drug-likeness (QED) is 0.601. The lowest BCUT2D eigenvalue weighted by Gasteiger charge is -2.21. The molecule has 31 heavy (non-hydrogen) atoms. The van der Waals surface area contributed by atoms with Crippen molar-refractivity contribution in [1.82, 2.24) is 0 Å². The molecule has 1 N–H and O–H groups in total. The number of nitrogens with one attached hydrogen (secondary N) is 1. The summed E-state index contributed by atoms with van der Waals surface area (Å²) in [6, 6.07) is 21.4. The highest BCUT2D eigenvalue weighted by atomic mass is 32.2. The minimum atomic E-state index is -0.250. The topological polar surface area (TPSA) is 58.6 Å². The summed E-state index contributed by atoms with van der Waals surface area (Å²) in [6.07, 6.45) is 0.242. The molecular weight excluding hydrogens is 408 g/mol. The third-order valence-corrected chi connectivity index (χ3v) is 6.18. The maximum absolute atomic E-state index is 12.6. The first kappa shape index (κ1) is 21.0. The number of ether oxygens (including phenoxy) is 1. The Hall–Kier alpha value is -3.25. The van der Waals surface area contributed by atoms with E-state index in [9.17, 15) is 9.59 Å². The van der Waals surface area contributed by atoms with Gasteiger partial charge in [-0.15, -0.1) is 0 Å². The van der Waals surface area contributed by atoms with E-state index in [4.69, 9.17) is 4.74 Å². The molecule has 1 aliphatic heterocycles. The van der Waals surface area contributed by atoms with Crippen LogP contribution in [0.15, 0.2) is 76.5 Å². The van der Waals surface area contributed by atoms with Crippen molar-refractivity contribution in [3.63, 3.8) is 0 Å². The Balaban J connectivity index is 1.41. The normalized spacial score (nSPS) is 13.2. The standard InChI is InChI=1S/C25H24N2O3S/c1-17-7-10-21(15-18(17)2)31-20-11-8-19(9-12-20)26-24(28)16-27-22-5-3-4-6-23(22)30-14-13-25(27)29/h3-12,15H,13-14,16H2,1-2H3,(H,26,28). The Morgan fingerprint density at radius 2 is 1.74 bits per heavy atom. The number of anilines is 2. The van der Waals surface area contributed by atoms with Crippen molar-refractivity contribution in [2.45, 2.75) is 30.1 Å². The number of carbonyl (C=O) groups is 2. The van der Waals surface area contributed by atoms with Crippen LogP contribution in [0.5, 0.6) is 5.75 Å². The van der Waals surface area contributed by atoms with Crippen molar-refractivity contribution in [2.75, 3.05) is 23.4 Å². The van der Waals surface area contributed by atoms with E-state index in [1.165, 1.54) is 20.9 Å². The van der Waals surface area contributed by atoms with Gasteiger partial charge in [-0.3, -0.25) is 14.5 Å². The molecule has 3 aromatic rings. The van der Waals surface area contributed by atoms with Gasteiger partial charge < -0.3 is 10.1 Å². The second-order valence-electron chi connectivity index (χ2n) is 7.47. The smallest absolute Gasteiger partial charge is 0.244 e. The average Bonchev–Trinajstić information content (AvgIpc) is 2.91. The number of amides is 2. The van der Waals surface area contributed by atoms with Crippen LogP contribution in [0.4, 0.5) is 11.4 Å². The fourth-order valence-corrected chi connectivity index (χ4v) is 4.27. The lowest BCUT2D eigenvalue weighted by Crippen LogP contribution is -2.37. The third-order valence-electron chi connectivity index (χ3n) is 5.18. The maximum atomic E-state index is 12.6. The number of carbonyl (C=O) groups excluding carboxylic acids is 2. The second-order valence-corrected chi connectivity index (χ2v) is 8.61. The van der Waals surface area contributed by atoms with Crippen LogP contribution in [0.1, 0.15) is 17.5 Å². The van der Waals surface area contributed by atoms with E-state index in [1.807, 2.05) is 42.5 Å². The van der Waals surface area contributed by atoms with E-state index in [2.05, 4.69) is 37.4 Å². The van der Waals surface area contributed by atoms with Gasteiger partial charge in [0.15, 0.2) is 0 Å². The molecule has 0 spiro atoms. The highest BCUT2D eigenvalue weighted by Gasteiger charge is 2.25. The van der Waals surface area contributed by atoms with Crippen LogP contribution in [-0.2, 0) is 9.59 Å². The minimum absolute atomic E-state index is 0.0572. The van der Waals surface area contributed by atoms with Crippen LogP contribution in [0, 0.1) is 13.8 Å². The highest BCUT2D eigenvalue weighted by Crippen LogP contribution is 2.31. The van der Waals surface area contributed by atoms with Crippen LogP contribution >= 0.6 is 11.8 Å². The predicted octanol–water partition coefficient (Wildman–Crippen LogP) is 5.21. The Morgan fingerprint density at radius 3 is 2.52 bits per heavy atom. The van der Waals surface area contributed by atoms with Gasteiger partial charge in [-0.2, -0.15) is 0 Å². The highest BCUT2D eigenvalue weighted by molar-refractivity contribution is 7.99. The summed E-state index contributed by atoms with van der Waals surface area (Å²) < 4.78 is 5.63. The molecular formula is C25H24N2O3S. The SMILES string of the molecule is Cc1ccc(Sc2ccc(NC(=O)CN3C(=O)CCOc4ccccc43)cc2)cc1C. The first-order chi connectivity index (χ1) is 15.0. The van der Waals surface area contributed by atoms with Crippen LogP contribution in [0.3, 0.4) is 0 Å². The van der Waals surface area contributed by atoms with Gasteiger partial charge in [0, 0.05) is 15.5 Å². The molecule has 0 bridgehead atoms. The molecule has 6 heteroatoms. The van der Waals surface area contributed by atoms with Crippen molar-refractivity contribution >= 4 is 35.0 Å². The molecule has 0 aliphatic carbocycles. The van der Waals surface area contributed by atoms with Gasteiger partial charge in [-0.05, 0) is 73.5 Å². The molecule has 1 aliphatic rings. The van der Waals surface area contributed by atoms with Crippen LogP contribution < -0.4 is 15.0 Å². The van der Waals surface area contributed by atoms with Crippen molar-refractivity contribution < 1.29 is 14.3 Å². The van der Waals surface area contributed by atoms with E-state index >= 15 is 0 Å². The summed E-state index contributed by atoms with van der Waals surface area (Å²) in [5.74, 6) is 0.244. The molecule has 0 unspecified atom stereocenters. The number of hydrogen-bond donors (Lipinski definition) is 1. The molecule has 3 aromatic carbocycles. The molecule has 0 saturated carbocycles. The summed E-state index contributed by atoms with van der Waals surface area (Å²) in [5, 5.41) is 2.89. The monoisotopic (exact) mass is 432 g/mol. The summed E-state index contributed by atoms with van der Waals surface area (Å²) >= 11 is 1.68. The van der Waals surface area contributed by atoms with Gasteiger partial charge in [-0.25, -0.2) is 0 Å². The van der Waals surface area contributed by atoms with Gasteiger partial charge in [0.2, 0.25) is 11.8 Å². The van der Waals surface area contributed by atoms with E-state index in [1.54, 1.807) is 17.8 Å². The first-order valence-electron chi connectivity index (χ1n) is 10.2.